The third-order valence-corrected chi connectivity index (χ3v) is 9.59. The molecule has 20 heavy (non-hydrogen) atoms. The Balaban J connectivity index is 2.66. The van der Waals surface area contributed by atoms with Gasteiger partial charge in [0.05, 0.1) is 0 Å². The van der Waals surface area contributed by atoms with E-state index in [0.717, 1.165) is 10.9 Å². The van der Waals surface area contributed by atoms with Crippen LogP contribution in [-0.4, -0.2) is 29.8 Å². The Morgan fingerprint density at radius 2 is 1.75 bits per heavy atom. The summed E-state index contributed by atoms with van der Waals surface area (Å²) in [4.78, 5) is 0. The Hall–Kier alpha value is -1.24. The summed E-state index contributed by atoms with van der Waals surface area (Å²) >= 11 is 0. The van der Waals surface area contributed by atoms with E-state index in [-0.39, 0.29) is 5.04 Å². The van der Waals surface area contributed by atoms with Crippen LogP contribution < -0.4 is 4.65 Å². The van der Waals surface area contributed by atoms with Crippen molar-refractivity contribution in [3.8, 4) is 5.75 Å². The molecular weight excluding hydrogens is 269 g/mol. The van der Waals surface area contributed by atoms with E-state index in [2.05, 4.69) is 38.1 Å². The standard InChI is InChI=1S/C14H22BNO3Si/c1-14(2,3)20(4,5)16-10-13(19-15(17)18)11-8-6-7-9-12(11)16/h6-10,17-18H,1-5H3. The van der Waals surface area contributed by atoms with Crippen molar-refractivity contribution in [3.05, 3.63) is 30.5 Å². The molecule has 0 aliphatic heterocycles. The average molecular weight is 291 g/mol. The van der Waals surface area contributed by atoms with E-state index in [1.54, 1.807) is 0 Å². The SMILES string of the molecule is CC(C)(C)[Si](C)(C)n1cc(OB(O)O)c2ccccc21. The van der Waals surface area contributed by atoms with Crippen LogP contribution in [-0.2, 0) is 0 Å². The van der Waals surface area contributed by atoms with Gasteiger partial charge in [-0.15, -0.1) is 0 Å². The van der Waals surface area contributed by atoms with Crippen LogP contribution in [0.25, 0.3) is 10.9 Å². The van der Waals surface area contributed by atoms with Gasteiger partial charge in [0.2, 0.25) is 0 Å². The lowest BCUT2D eigenvalue weighted by atomic mass is 10.2. The van der Waals surface area contributed by atoms with E-state index in [1.165, 1.54) is 0 Å². The van der Waals surface area contributed by atoms with Crippen molar-refractivity contribution in [1.82, 2.24) is 4.23 Å². The quantitative estimate of drug-likeness (QED) is 0.855. The van der Waals surface area contributed by atoms with E-state index in [9.17, 15) is 0 Å². The van der Waals surface area contributed by atoms with Crippen LogP contribution in [0.1, 0.15) is 20.8 Å². The molecule has 0 aliphatic carbocycles. The van der Waals surface area contributed by atoms with Crippen molar-refractivity contribution in [3.63, 3.8) is 0 Å². The maximum atomic E-state index is 9.07. The lowest BCUT2D eigenvalue weighted by molar-refractivity contribution is 0.289. The molecule has 0 unspecified atom stereocenters. The van der Waals surface area contributed by atoms with Gasteiger partial charge < -0.3 is 18.9 Å². The van der Waals surface area contributed by atoms with Gasteiger partial charge in [-0.1, -0.05) is 46.0 Å². The van der Waals surface area contributed by atoms with Gasteiger partial charge >= 0.3 is 7.32 Å². The second kappa shape index (κ2) is 4.95. The van der Waals surface area contributed by atoms with Gasteiger partial charge in [0, 0.05) is 17.1 Å². The molecule has 4 nitrogen and oxygen atoms in total. The second-order valence-electron chi connectivity index (χ2n) is 6.63. The van der Waals surface area contributed by atoms with E-state index in [4.69, 9.17) is 14.7 Å². The summed E-state index contributed by atoms with van der Waals surface area (Å²) in [5, 5.41) is 19.2. The van der Waals surface area contributed by atoms with Crippen LogP contribution in [0, 0.1) is 0 Å². The molecule has 2 aromatic rings. The summed E-state index contributed by atoms with van der Waals surface area (Å²) in [6.45, 7) is 11.3. The number of hydrogen-bond donors (Lipinski definition) is 2. The Morgan fingerprint density at radius 3 is 2.30 bits per heavy atom. The first-order chi connectivity index (χ1) is 9.14. The predicted molar refractivity (Wildman–Crippen MR) is 85.4 cm³/mol. The maximum Gasteiger partial charge on any atom is 0.707 e. The highest BCUT2D eigenvalue weighted by Crippen LogP contribution is 2.41. The molecule has 1 heterocycles. The van der Waals surface area contributed by atoms with Crippen LogP contribution in [0.4, 0.5) is 0 Å². The van der Waals surface area contributed by atoms with Crippen LogP contribution in [0.3, 0.4) is 0 Å². The largest absolute Gasteiger partial charge is 0.707 e. The minimum atomic E-state index is -1.80. The fourth-order valence-electron chi connectivity index (χ4n) is 2.18. The number of para-hydroxylation sites is 1. The lowest BCUT2D eigenvalue weighted by Crippen LogP contribution is -2.44. The minimum absolute atomic E-state index is 0.171. The highest BCUT2D eigenvalue weighted by molar-refractivity contribution is 6.79. The van der Waals surface area contributed by atoms with E-state index < -0.39 is 15.6 Å². The molecule has 2 N–H and O–H groups in total. The molecule has 0 radical (unpaired) electrons. The molecule has 6 heteroatoms. The minimum Gasteiger partial charge on any atom is -0.510 e. The molecule has 1 aromatic carbocycles. The van der Waals surface area contributed by atoms with E-state index >= 15 is 0 Å². The first-order valence-corrected chi connectivity index (χ1v) is 9.72. The molecule has 1 aromatic heterocycles. The fourth-order valence-corrected chi connectivity index (χ4v) is 4.14. The van der Waals surface area contributed by atoms with Crippen LogP contribution in [0.2, 0.25) is 18.1 Å². The summed E-state index contributed by atoms with van der Waals surface area (Å²) < 4.78 is 7.41. The Bertz CT molecular complexity index is 616. The summed E-state index contributed by atoms with van der Waals surface area (Å²) in [5.41, 5.74) is 1.08. The lowest BCUT2D eigenvalue weighted by Gasteiger charge is -2.38. The third-order valence-electron chi connectivity index (χ3n) is 4.35. The van der Waals surface area contributed by atoms with Gasteiger partial charge in [-0.25, -0.2) is 0 Å². The van der Waals surface area contributed by atoms with Crippen LogP contribution in [0.15, 0.2) is 30.5 Å². The first kappa shape index (κ1) is 15.2. The zero-order chi connectivity index (χ0) is 15.1. The van der Waals surface area contributed by atoms with Crippen molar-refractivity contribution in [2.75, 3.05) is 0 Å². The maximum absolute atomic E-state index is 9.07. The van der Waals surface area contributed by atoms with Crippen molar-refractivity contribution < 1.29 is 14.7 Å². The summed E-state index contributed by atoms with van der Waals surface area (Å²) in [6, 6.07) is 7.91. The normalized spacial score (nSPS) is 12.8. The first-order valence-electron chi connectivity index (χ1n) is 6.78. The molecule has 0 saturated carbocycles. The molecule has 0 aliphatic rings. The zero-order valence-electron chi connectivity index (χ0n) is 12.7. The molecule has 0 atom stereocenters. The van der Waals surface area contributed by atoms with Crippen LogP contribution in [0.5, 0.6) is 5.75 Å². The Labute approximate surface area is 121 Å². The van der Waals surface area contributed by atoms with Crippen molar-refractivity contribution >= 4 is 26.5 Å². The fraction of sp³-hybridized carbons (Fsp3) is 0.429. The molecule has 0 bridgehead atoms. The molecular formula is C14H22BNO3Si. The van der Waals surface area contributed by atoms with Crippen molar-refractivity contribution in [1.29, 1.82) is 0 Å². The number of rotatable bonds is 3. The number of aromatic nitrogens is 1. The highest BCUT2D eigenvalue weighted by atomic mass is 28.3. The predicted octanol–water partition coefficient (Wildman–Crippen LogP) is 2.84. The Morgan fingerprint density at radius 1 is 1.15 bits per heavy atom. The molecule has 0 amide bonds. The summed E-state index contributed by atoms with van der Waals surface area (Å²) in [5.74, 6) is 0.514. The number of nitrogens with zero attached hydrogens (tertiary/aromatic N) is 1. The number of fused-ring (bicyclic) bond motifs is 1. The molecule has 108 valence electrons. The number of hydrogen-bond acceptors (Lipinski definition) is 3. The topological polar surface area (TPSA) is 54.6 Å². The third kappa shape index (κ3) is 2.51. The van der Waals surface area contributed by atoms with Gasteiger partial charge in [-0.3, -0.25) is 0 Å². The van der Waals surface area contributed by atoms with Crippen molar-refractivity contribution in [2.45, 2.75) is 38.9 Å². The molecule has 0 saturated heterocycles. The highest BCUT2D eigenvalue weighted by Gasteiger charge is 2.38. The van der Waals surface area contributed by atoms with Gasteiger partial charge in [-0.2, -0.15) is 0 Å². The molecule has 0 fully saturated rings. The van der Waals surface area contributed by atoms with Gasteiger partial charge in [0.1, 0.15) is 5.75 Å². The monoisotopic (exact) mass is 291 g/mol. The summed E-state index contributed by atoms with van der Waals surface area (Å²) in [7, 11) is -3.60. The average Bonchev–Trinajstić information content (AvgIpc) is 2.67. The Kier molecular flexibility index (Phi) is 3.75. The smallest absolute Gasteiger partial charge is 0.510 e. The van der Waals surface area contributed by atoms with E-state index in [1.807, 2.05) is 30.5 Å². The van der Waals surface area contributed by atoms with Gasteiger partial charge in [0.25, 0.3) is 0 Å². The molecule has 0 spiro atoms. The molecule has 2 rings (SSSR count). The van der Waals surface area contributed by atoms with Gasteiger partial charge in [-0.05, 0) is 17.2 Å². The van der Waals surface area contributed by atoms with E-state index in [0.29, 0.717) is 5.75 Å². The second-order valence-corrected chi connectivity index (χ2v) is 11.7. The van der Waals surface area contributed by atoms with Gasteiger partial charge in [0.15, 0.2) is 8.24 Å². The zero-order valence-corrected chi connectivity index (χ0v) is 13.7. The van der Waals surface area contributed by atoms with Crippen LogP contribution >= 0.6 is 0 Å². The summed E-state index contributed by atoms with van der Waals surface area (Å²) in [6.07, 6.45) is 1.90. The van der Waals surface area contributed by atoms with Crippen molar-refractivity contribution in [2.24, 2.45) is 0 Å². The number of benzene rings is 1.